The summed E-state index contributed by atoms with van der Waals surface area (Å²) in [7, 11) is 3.50. The smallest absolute Gasteiger partial charge is 0.0637 e. The number of nitrogens with zero attached hydrogens (tertiary/aromatic N) is 1. The second kappa shape index (κ2) is 10.6. The minimum absolute atomic E-state index is 0.485. The molecule has 21 heavy (non-hydrogen) atoms. The van der Waals surface area contributed by atoms with E-state index in [0.717, 1.165) is 39.3 Å². The Hall–Kier alpha value is -1.10. The molecule has 0 aliphatic heterocycles. The number of rotatable bonds is 11. The zero-order valence-corrected chi connectivity index (χ0v) is 13.9. The SMILES string of the molecule is COCCCN(CCOC)c1ccccc1CNC(C)C. The van der Waals surface area contributed by atoms with Crippen molar-refractivity contribution in [3.8, 4) is 0 Å². The van der Waals surface area contributed by atoms with E-state index in [2.05, 4.69) is 48.3 Å². The van der Waals surface area contributed by atoms with Crippen LogP contribution >= 0.6 is 0 Å². The van der Waals surface area contributed by atoms with Crippen LogP contribution in [0.1, 0.15) is 25.8 Å². The van der Waals surface area contributed by atoms with Gasteiger partial charge in [-0.15, -0.1) is 0 Å². The van der Waals surface area contributed by atoms with E-state index in [4.69, 9.17) is 9.47 Å². The molecule has 0 heterocycles. The van der Waals surface area contributed by atoms with Crippen molar-refractivity contribution in [1.29, 1.82) is 0 Å². The standard InChI is InChI=1S/C17H30N2O2/c1-15(2)18-14-16-8-5-6-9-17(16)19(11-13-21-4)10-7-12-20-3/h5-6,8-9,15,18H,7,10-14H2,1-4H3. The Kier molecular flexibility index (Phi) is 9.06. The third kappa shape index (κ3) is 6.93. The van der Waals surface area contributed by atoms with E-state index >= 15 is 0 Å². The summed E-state index contributed by atoms with van der Waals surface area (Å²) in [5, 5.41) is 3.50. The number of hydrogen-bond donors (Lipinski definition) is 1. The van der Waals surface area contributed by atoms with Gasteiger partial charge in [-0.3, -0.25) is 0 Å². The van der Waals surface area contributed by atoms with Crippen LogP contribution in [0, 0.1) is 0 Å². The quantitative estimate of drug-likeness (QED) is 0.636. The second-order valence-corrected chi connectivity index (χ2v) is 5.49. The molecule has 0 spiro atoms. The first-order valence-electron chi connectivity index (χ1n) is 7.73. The third-order valence-corrected chi connectivity index (χ3v) is 3.37. The molecule has 0 fully saturated rings. The summed E-state index contributed by atoms with van der Waals surface area (Å²) in [6, 6.07) is 9.08. The second-order valence-electron chi connectivity index (χ2n) is 5.49. The van der Waals surface area contributed by atoms with Crippen molar-refractivity contribution in [2.75, 3.05) is 45.4 Å². The molecule has 0 saturated heterocycles. The highest BCUT2D eigenvalue weighted by Gasteiger charge is 2.11. The fourth-order valence-corrected chi connectivity index (χ4v) is 2.24. The first-order valence-corrected chi connectivity index (χ1v) is 7.73. The maximum atomic E-state index is 5.25. The summed E-state index contributed by atoms with van der Waals surface area (Å²) >= 11 is 0. The molecule has 1 aromatic carbocycles. The Morgan fingerprint density at radius 1 is 1.05 bits per heavy atom. The van der Waals surface area contributed by atoms with Gasteiger partial charge in [0.1, 0.15) is 0 Å². The van der Waals surface area contributed by atoms with Crippen molar-refractivity contribution >= 4 is 5.69 Å². The zero-order valence-electron chi connectivity index (χ0n) is 13.9. The molecule has 0 unspecified atom stereocenters. The molecular weight excluding hydrogens is 264 g/mol. The number of anilines is 1. The van der Waals surface area contributed by atoms with Gasteiger partial charge < -0.3 is 19.7 Å². The predicted octanol–water partition coefficient (Wildman–Crippen LogP) is 2.67. The highest BCUT2D eigenvalue weighted by molar-refractivity contribution is 5.53. The highest BCUT2D eigenvalue weighted by Crippen LogP contribution is 2.20. The molecule has 1 aromatic rings. The van der Waals surface area contributed by atoms with E-state index in [1.165, 1.54) is 11.3 Å². The average Bonchev–Trinajstić information content (AvgIpc) is 2.49. The van der Waals surface area contributed by atoms with E-state index in [-0.39, 0.29) is 0 Å². The lowest BCUT2D eigenvalue weighted by Gasteiger charge is -2.27. The molecule has 4 heteroatoms. The van der Waals surface area contributed by atoms with Gasteiger partial charge in [-0.1, -0.05) is 32.0 Å². The van der Waals surface area contributed by atoms with Gasteiger partial charge in [0.05, 0.1) is 6.61 Å². The molecule has 0 aliphatic rings. The predicted molar refractivity (Wildman–Crippen MR) is 89.0 cm³/mol. The molecule has 0 bridgehead atoms. The average molecular weight is 294 g/mol. The molecule has 0 amide bonds. The van der Waals surface area contributed by atoms with E-state index in [1.807, 2.05) is 0 Å². The monoisotopic (exact) mass is 294 g/mol. The van der Waals surface area contributed by atoms with Crippen molar-refractivity contribution in [3.05, 3.63) is 29.8 Å². The largest absolute Gasteiger partial charge is 0.385 e. The lowest BCUT2D eigenvalue weighted by atomic mass is 10.1. The minimum atomic E-state index is 0.485. The van der Waals surface area contributed by atoms with Gasteiger partial charge in [-0.2, -0.15) is 0 Å². The van der Waals surface area contributed by atoms with Crippen LogP contribution in [0.5, 0.6) is 0 Å². The number of ether oxygens (including phenoxy) is 2. The summed E-state index contributed by atoms with van der Waals surface area (Å²) < 4.78 is 10.4. The number of para-hydroxylation sites is 1. The van der Waals surface area contributed by atoms with Crippen LogP contribution in [0.4, 0.5) is 5.69 Å². The molecule has 1 N–H and O–H groups in total. The lowest BCUT2D eigenvalue weighted by molar-refractivity contribution is 0.191. The Bertz CT molecular complexity index is 383. The van der Waals surface area contributed by atoms with Gasteiger partial charge in [0.15, 0.2) is 0 Å². The zero-order chi connectivity index (χ0) is 15.5. The number of benzene rings is 1. The molecule has 120 valence electrons. The molecule has 0 aliphatic carbocycles. The van der Waals surface area contributed by atoms with Crippen molar-refractivity contribution in [2.24, 2.45) is 0 Å². The van der Waals surface area contributed by atoms with Crippen LogP contribution in [-0.2, 0) is 16.0 Å². The van der Waals surface area contributed by atoms with Crippen molar-refractivity contribution in [2.45, 2.75) is 32.9 Å². The summed E-state index contributed by atoms with van der Waals surface area (Å²) in [5.74, 6) is 0. The number of methoxy groups -OCH3 is 2. The number of nitrogens with one attached hydrogen (secondary N) is 1. The fraction of sp³-hybridized carbons (Fsp3) is 0.647. The van der Waals surface area contributed by atoms with Gasteiger partial charge in [0, 0.05) is 52.2 Å². The van der Waals surface area contributed by atoms with Gasteiger partial charge in [-0.25, -0.2) is 0 Å². The molecule has 1 rings (SSSR count). The summed E-state index contributed by atoms with van der Waals surface area (Å²) in [6.07, 6.45) is 1.02. The summed E-state index contributed by atoms with van der Waals surface area (Å²) in [6.45, 7) is 8.64. The van der Waals surface area contributed by atoms with Crippen LogP contribution < -0.4 is 10.2 Å². The van der Waals surface area contributed by atoms with Crippen LogP contribution in [0.25, 0.3) is 0 Å². The highest BCUT2D eigenvalue weighted by atomic mass is 16.5. The van der Waals surface area contributed by atoms with Gasteiger partial charge in [-0.05, 0) is 18.1 Å². The Labute approximate surface area is 129 Å². The topological polar surface area (TPSA) is 33.7 Å². The van der Waals surface area contributed by atoms with E-state index in [1.54, 1.807) is 14.2 Å². The maximum absolute atomic E-state index is 5.25. The maximum Gasteiger partial charge on any atom is 0.0637 e. The fourth-order valence-electron chi connectivity index (χ4n) is 2.24. The first-order chi connectivity index (χ1) is 10.2. The molecular formula is C17H30N2O2. The van der Waals surface area contributed by atoms with Crippen molar-refractivity contribution in [1.82, 2.24) is 5.32 Å². The molecule has 0 saturated carbocycles. The Morgan fingerprint density at radius 2 is 1.76 bits per heavy atom. The molecule has 4 nitrogen and oxygen atoms in total. The normalized spacial score (nSPS) is 11.1. The lowest BCUT2D eigenvalue weighted by Crippen LogP contribution is -2.31. The summed E-state index contributed by atoms with van der Waals surface area (Å²) in [5.41, 5.74) is 2.62. The van der Waals surface area contributed by atoms with Crippen LogP contribution in [-0.4, -0.2) is 46.6 Å². The van der Waals surface area contributed by atoms with Crippen LogP contribution in [0.2, 0.25) is 0 Å². The van der Waals surface area contributed by atoms with Gasteiger partial charge in [0.2, 0.25) is 0 Å². The van der Waals surface area contributed by atoms with E-state index in [0.29, 0.717) is 6.04 Å². The van der Waals surface area contributed by atoms with Crippen molar-refractivity contribution in [3.63, 3.8) is 0 Å². The van der Waals surface area contributed by atoms with Gasteiger partial charge in [0.25, 0.3) is 0 Å². The summed E-state index contributed by atoms with van der Waals surface area (Å²) in [4.78, 5) is 2.39. The van der Waals surface area contributed by atoms with Crippen molar-refractivity contribution < 1.29 is 9.47 Å². The molecule has 0 atom stereocenters. The van der Waals surface area contributed by atoms with Crippen LogP contribution in [0.15, 0.2) is 24.3 Å². The minimum Gasteiger partial charge on any atom is -0.385 e. The Balaban J connectivity index is 2.78. The Morgan fingerprint density at radius 3 is 2.43 bits per heavy atom. The van der Waals surface area contributed by atoms with E-state index < -0.39 is 0 Å². The first kappa shape index (κ1) is 18.0. The molecule has 0 aromatic heterocycles. The van der Waals surface area contributed by atoms with Gasteiger partial charge >= 0.3 is 0 Å². The molecule has 0 radical (unpaired) electrons. The number of hydrogen-bond acceptors (Lipinski definition) is 4. The van der Waals surface area contributed by atoms with E-state index in [9.17, 15) is 0 Å². The third-order valence-electron chi connectivity index (χ3n) is 3.37. The van der Waals surface area contributed by atoms with Crippen LogP contribution in [0.3, 0.4) is 0 Å².